The first-order chi connectivity index (χ1) is 4.12. The number of sulfone groups is 1. The van der Waals surface area contributed by atoms with Gasteiger partial charge in [0.25, 0.3) is 0 Å². The molecule has 0 bridgehead atoms. The van der Waals surface area contributed by atoms with Gasteiger partial charge in [0.05, 0.1) is 11.5 Å². The Morgan fingerprint density at radius 3 is 1.80 bits per heavy atom. The zero-order chi connectivity index (χ0) is 6.54. The molecule has 1 spiro atoms. The second-order valence-corrected chi connectivity index (χ2v) is 5.20. The van der Waals surface area contributed by atoms with Crippen LogP contribution in [-0.4, -0.2) is 33.0 Å². The highest BCUT2D eigenvalue weighted by Crippen LogP contribution is 2.35. The summed E-state index contributed by atoms with van der Waals surface area (Å²) in [5, 5.41) is 3.08. The fraction of sp³-hybridized carbons (Fsp3) is 1.00. The fourth-order valence-corrected chi connectivity index (χ4v) is 3.76. The fourth-order valence-electron chi connectivity index (χ4n) is 1.57. The van der Waals surface area contributed by atoms with Gasteiger partial charge in [-0.1, -0.05) is 0 Å². The van der Waals surface area contributed by atoms with Crippen LogP contribution < -0.4 is 5.32 Å². The van der Waals surface area contributed by atoms with Crippen LogP contribution in [0.15, 0.2) is 0 Å². The topological polar surface area (TPSA) is 46.2 Å². The van der Waals surface area contributed by atoms with E-state index in [4.69, 9.17) is 0 Å². The molecule has 2 saturated heterocycles. The van der Waals surface area contributed by atoms with Gasteiger partial charge >= 0.3 is 0 Å². The Morgan fingerprint density at radius 2 is 1.70 bits per heavy atom. The molecule has 2 heterocycles. The average Bonchev–Trinajstić information content (AvgIpc) is 1.54. The number of nitrogens with one attached hydrogen (secondary N) is 1. The van der Waals surface area contributed by atoms with Crippen LogP contribution >= 0.6 is 12.4 Å². The molecule has 3 nitrogen and oxygen atoms in total. The van der Waals surface area contributed by atoms with Crippen LogP contribution in [0, 0.1) is 5.41 Å². The third kappa shape index (κ3) is 1.04. The zero-order valence-corrected chi connectivity index (χ0v) is 7.09. The minimum atomic E-state index is -2.59. The van der Waals surface area contributed by atoms with Crippen molar-refractivity contribution in [2.75, 3.05) is 24.6 Å². The molecule has 5 heteroatoms. The number of hydrogen-bond donors (Lipinski definition) is 1. The number of rotatable bonds is 0. The van der Waals surface area contributed by atoms with Gasteiger partial charge in [0.2, 0.25) is 0 Å². The van der Waals surface area contributed by atoms with Gasteiger partial charge in [-0.15, -0.1) is 12.4 Å². The Labute approximate surface area is 66.5 Å². The maximum atomic E-state index is 10.7. The molecule has 0 unspecified atom stereocenters. The van der Waals surface area contributed by atoms with E-state index in [0.717, 1.165) is 13.1 Å². The van der Waals surface area contributed by atoms with E-state index in [9.17, 15) is 8.42 Å². The quantitative estimate of drug-likeness (QED) is 0.547. The van der Waals surface area contributed by atoms with Crippen molar-refractivity contribution in [3.63, 3.8) is 0 Å². The van der Waals surface area contributed by atoms with Crippen LogP contribution in [0.3, 0.4) is 0 Å². The summed E-state index contributed by atoms with van der Waals surface area (Å²) in [4.78, 5) is 0. The van der Waals surface area contributed by atoms with Crippen molar-refractivity contribution < 1.29 is 8.42 Å². The van der Waals surface area contributed by atoms with E-state index in [-0.39, 0.29) is 17.8 Å². The number of hydrogen-bond acceptors (Lipinski definition) is 3. The van der Waals surface area contributed by atoms with E-state index in [1.54, 1.807) is 0 Å². The number of halogens is 1. The first-order valence-corrected chi connectivity index (χ1v) is 4.85. The van der Waals surface area contributed by atoms with Gasteiger partial charge in [0.1, 0.15) is 0 Å². The molecule has 2 rings (SSSR count). The van der Waals surface area contributed by atoms with Crippen molar-refractivity contribution in [3.8, 4) is 0 Å². The molecule has 0 aromatic heterocycles. The van der Waals surface area contributed by atoms with Gasteiger partial charge < -0.3 is 5.32 Å². The Morgan fingerprint density at radius 1 is 1.20 bits per heavy atom. The van der Waals surface area contributed by atoms with E-state index in [2.05, 4.69) is 5.32 Å². The molecule has 0 radical (unpaired) electrons. The summed E-state index contributed by atoms with van der Waals surface area (Å²) < 4.78 is 21.3. The van der Waals surface area contributed by atoms with E-state index in [1.807, 2.05) is 0 Å². The minimum absolute atomic E-state index is 0. The molecule has 0 atom stereocenters. The molecular weight excluding hydrogens is 174 g/mol. The molecular formula is C5H10ClNO2S. The zero-order valence-electron chi connectivity index (χ0n) is 5.46. The summed E-state index contributed by atoms with van der Waals surface area (Å²) in [5.74, 6) is 0.847. The SMILES string of the molecule is Cl.O=S1(=O)CC2(CNC2)C1. The van der Waals surface area contributed by atoms with Crippen molar-refractivity contribution in [1.82, 2.24) is 5.32 Å². The second kappa shape index (κ2) is 2.09. The van der Waals surface area contributed by atoms with E-state index < -0.39 is 9.84 Å². The van der Waals surface area contributed by atoms with Gasteiger partial charge in [0.15, 0.2) is 9.84 Å². The maximum Gasteiger partial charge on any atom is 0.151 e. The van der Waals surface area contributed by atoms with Gasteiger partial charge in [-0.2, -0.15) is 0 Å². The Hall–Kier alpha value is 0.200. The molecule has 2 fully saturated rings. The first-order valence-electron chi connectivity index (χ1n) is 3.03. The maximum absolute atomic E-state index is 10.7. The molecule has 0 aliphatic carbocycles. The van der Waals surface area contributed by atoms with Crippen molar-refractivity contribution in [3.05, 3.63) is 0 Å². The minimum Gasteiger partial charge on any atom is -0.315 e. The normalized spacial score (nSPS) is 31.6. The Balaban J connectivity index is 0.000000500. The molecule has 2 aliphatic rings. The lowest BCUT2D eigenvalue weighted by atomic mass is 9.85. The standard InChI is InChI=1S/C5H9NO2S.ClH/c7-9(8)3-5(4-9)1-6-2-5;/h6H,1-4H2;1H. The van der Waals surface area contributed by atoms with Crippen LogP contribution in [0.5, 0.6) is 0 Å². The summed E-state index contributed by atoms with van der Waals surface area (Å²) in [6, 6.07) is 0. The third-order valence-corrected chi connectivity index (χ3v) is 4.16. The van der Waals surface area contributed by atoms with E-state index in [1.165, 1.54) is 0 Å². The highest BCUT2D eigenvalue weighted by Gasteiger charge is 2.52. The van der Waals surface area contributed by atoms with Crippen LogP contribution in [0.2, 0.25) is 0 Å². The molecule has 0 aromatic carbocycles. The second-order valence-electron chi connectivity index (χ2n) is 3.14. The predicted molar refractivity (Wildman–Crippen MR) is 41.2 cm³/mol. The summed E-state index contributed by atoms with van der Waals surface area (Å²) in [7, 11) is -2.59. The molecule has 2 aliphatic heterocycles. The smallest absolute Gasteiger partial charge is 0.151 e. The summed E-state index contributed by atoms with van der Waals surface area (Å²) in [5.41, 5.74) is 0.179. The molecule has 0 aromatic rings. The van der Waals surface area contributed by atoms with Crippen LogP contribution in [0.1, 0.15) is 0 Å². The molecule has 1 N–H and O–H groups in total. The monoisotopic (exact) mass is 183 g/mol. The van der Waals surface area contributed by atoms with Gasteiger partial charge in [-0.3, -0.25) is 0 Å². The molecule has 60 valence electrons. The lowest BCUT2D eigenvalue weighted by Gasteiger charge is -2.48. The van der Waals surface area contributed by atoms with Crippen molar-refractivity contribution >= 4 is 22.2 Å². The van der Waals surface area contributed by atoms with Crippen molar-refractivity contribution in [2.24, 2.45) is 5.41 Å². The largest absolute Gasteiger partial charge is 0.315 e. The molecule has 0 saturated carbocycles. The highest BCUT2D eigenvalue weighted by atomic mass is 35.5. The average molecular weight is 184 g/mol. The van der Waals surface area contributed by atoms with E-state index in [0.29, 0.717) is 11.5 Å². The molecule has 0 amide bonds. The van der Waals surface area contributed by atoms with E-state index >= 15 is 0 Å². The van der Waals surface area contributed by atoms with Crippen LogP contribution in [0.4, 0.5) is 0 Å². The van der Waals surface area contributed by atoms with Crippen LogP contribution in [0.25, 0.3) is 0 Å². The Bertz CT molecular complexity index is 218. The van der Waals surface area contributed by atoms with Crippen molar-refractivity contribution in [2.45, 2.75) is 0 Å². The van der Waals surface area contributed by atoms with Gasteiger partial charge in [0, 0.05) is 18.5 Å². The third-order valence-electron chi connectivity index (χ3n) is 2.05. The van der Waals surface area contributed by atoms with Crippen molar-refractivity contribution in [1.29, 1.82) is 0 Å². The first kappa shape index (κ1) is 8.30. The van der Waals surface area contributed by atoms with Gasteiger partial charge in [-0.05, 0) is 0 Å². The van der Waals surface area contributed by atoms with Crippen LogP contribution in [-0.2, 0) is 9.84 Å². The lowest BCUT2D eigenvalue weighted by Crippen LogP contribution is -2.66. The Kier molecular flexibility index (Phi) is 1.74. The molecule has 10 heavy (non-hydrogen) atoms. The summed E-state index contributed by atoms with van der Waals surface area (Å²) in [6.45, 7) is 1.82. The predicted octanol–water partition coefficient (Wildman–Crippen LogP) is -0.574. The summed E-state index contributed by atoms with van der Waals surface area (Å²) >= 11 is 0. The van der Waals surface area contributed by atoms with Gasteiger partial charge in [-0.25, -0.2) is 8.42 Å². The lowest BCUT2D eigenvalue weighted by molar-refractivity contribution is 0.208. The highest BCUT2D eigenvalue weighted by molar-refractivity contribution is 7.92. The summed E-state index contributed by atoms with van der Waals surface area (Å²) in [6.07, 6.45) is 0.